The molecule has 0 heterocycles. The van der Waals surface area contributed by atoms with Gasteiger partial charge in [0.05, 0.1) is 0 Å². The summed E-state index contributed by atoms with van der Waals surface area (Å²) in [5, 5.41) is 17.4. The largest absolute Gasteiger partial charge is 0.481 e. The van der Waals surface area contributed by atoms with Gasteiger partial charge in [0, 0.05) is 0 Å². The van der Waals surface area contributed by atoms with E-state index in [0.29, 0.717) is 0 Å². The summed E-state index contributed by atoms with van der Waals surface area (Å²) in [6.07, 6.45) is 4.50. The molecule has 74 valence electrons. The van der Waals surface area contributed by atoms with Crippen molar-refractivity contribution in [1.29, 1.82) is 0 Å². The number of hydrogen-bond acceptors (Lipinski definition) is 2. The Kier molecular flexibility index (Phi) is 3.28. The standard InChI is InChI=1S/C9H14O4/c10-8(11)7(9(12)13)6-4-2-1-3-5-6/h6-7H,1-5H2,(H,10,11)(H,12,13). The quantitative estimate of drug-likeness (QED) is 0.652. The van der Waals surface area contributed by atoms with Crippen molar-refractivity contribution in [2.24, 2.45) is 11.8 Å². The van der Waals surface area contributed by atoms with E-state index in [9.17, 15) is 9.59 Å². The fourth-order valence-electron chi connectivity index (χ4n) is 1.98. The first-order valence-electron chi connectivity index (χ1n) is 4.58. The Labute approximate surface area is 76.6 Å². The van der Waals surface area contributed by atoms with E-state index in [-0.39, 0.29) is 5.92 Å². The fourth-order valence-corrected chi connectivity index (χ4v) is 1.98. The molecular formula is C9H14O4. The Hall–Kier alpha value is -1.06. The normalized spacial score (nSPS) is 18.8. The van der Waals surface area contributed by atoms with E-state index in [1.165, 1.54) is 0 Å². The summed E-state index contributed by atoms with van der Waals surface area (Å²) in [6.45, 7) is 0. The number of aliphatic carboxylic acids is 2. The summed E-state index contributed by atoms with van der Waals surface area (Å²) in [7, 11) is 0. The second-order valence-electron chi connectivity index (χ2n) is 3.55. The van der Waals surface area contributed by atoms with Crippen LogP contribution in [-0.2, 0) is 9.59 Å². The van der Waals surface area contributed by atoms with E-state index in [1.54, 1.807) is 0 Å². The zero-order valence-electron chi connectivity index (χ0n) is 7.40. The molecule has 0 spiro atoms. The lowest BCUT2D eigenvalue weighted by molar-refractivity contribution is -0.157. The third-order valence-corrected chi connectivity index (χ3v) is 2.65. The Balaban J connectivity index is 2.62. The second kappa shape index (κ2) is 4.25. The molecule has 0 unspecified atom stereocenters. The van der Waals surface area contributed by atoms with Crippen LogP contribution in [0.2, 0.25) is 0 Å². The van der Waals surface area contributed by atoms with E-state index in [0.717, 1.165) is 32.1 Å². The molecule has 0 aromatic carbocycles. The highest BCUT2D eigenvalue weighted by Gasteiger charge is 2.35. The van der Waals surface area contributed by atoms with Gasteiger partial charge in [-0.3, -0.25) is 9.59 Å². The molecule has 1 aliphatic rings. The van der Waals surface area contributed by atoms with Gasteiger partial charge in [-0.1, -0.05) is 19.3 Å². The zero-order valence-corrected chi connectivity index (χ0v) is 7.40. The predicted octanol–water partition coefficient (Wildman–Crippen LogP) is 1.35. The fraction of sp³-hybridized carbons (Fsp3) is 0.778. The van der Waals surface area contributed by atoms with Crippen molar-refractivity contribution in [2.45, 2.75) is 32.1 Å². The van der Waals surface area contributed by atoms with Crippen LogP contribution in [0.4, 0.5) is 0 Å². The van der Waals surface area contributed by atoms with Crippen molar-refractivity contribution in [1.82, 2.24) is 0 Å². The summed E-state index contributed by atoms with van der Waals surface area (Å²) < 4.78 is 0. The van der Waals surface area contributed by atoms with Gasteiger partial charge in [-0.2, -0.15) is 0 Å². The summed E-state index contributed by atoms with van der Waals surface area (Å²) in [4.78, 5) is 21.3. The maximum Gasteiger partial charge on any atom is 0.318 e. The van der Waals surface area contributed by atoms with Gasteiger partial charge in [-0.05, 0) is 18.8 Å². The van der Waals surface area contributed by atoms with Gasteiger partial charge in [0.2, 0.25) is 0 Å². The molecule has 1 fully saturated rings. The highest BCUT2D eigenvalue weighted by molar-refractivity contribution is 5.93. The van der Waals surface area contributed by atoms with Crippen LogP contribution in [0.3, 0.4) is 0 Å². The lowest BCUT2D eigenvalue weighted by atomic mass is 9.80. The average Bonchev–Trinajstić information content (AvgIpc) is 2.04. The molecule has 4 heteroatoms. The zero-order chi connectivity index (χ0) is 9.84. The van der Waals surface area contributed by atoms with Crippen LogP contribution in [0.1, 0.15) is 32.1 Å². The molecule has 4 nitrogen and oxygen atoms in total. The van der Waals surface area contributed by atoms with Crippen LogP contribution < -0.4 is 0 Å². The van der Waals surface area contributed by atoms with Crippen molar-refractivity contribution < 1.29 is 19.8 Å². The van der Waals surface area contributed by atoms with E-state index in [4.69, 9.17) is 10.2 Å². The van der Waals surface area contributed by atoms with Crippen LogP contribution >= 0.6 is 0 Å². The first kappa shape index (κ1) is 10.0. The van der Waals surface area contributed by atoms with Crippen LogP contribution in [0.15, 0.2) is 0 Å². The number of carboxylic acids is 2. The van der Waals surface area contributed by atoms with Crippen molar-refractivity contribution in [3.63, 3.8) is 0 Å². The van der Waals surface area contributed by atoms with E-state index >= 15 is 0 Å². The second-order valence-corrected chi connectivity index (χ2v) is 3.55. The molecule has 1 saturated carbocycles. The minimum atomic E-state index is -1.19. The Morgan fingerprint density at radius 1 is 1.00 bits per heavy atom. The summed E-state index contributed by atoms with van der Waals surface area (Å²) in [5.41, 5.74) is 0. The molecule has 13 heavy (non-hydrogen) atoms. The topological polar surface area (TPSA) is 74.6 Å². The number of carboxylic acid groups (broad SMARTS) is 2. The molecule has 0 amide bonds. The van der Waals surface area contributed by atoms with Gasteiger partial charge < -0.3 is 10.2 Å². The van der Waals surface area contributed by atoms with E-state index in [1.807, 2.05) is 0 Å². The van der Waals surface area contributed by atoms with Crippen LogP contribution in [-0.4, -0.2) is 22.2 Å². The van der Waals surface area contributed by atoms with Crippen molar-refractivity contribution in [2.75, 3.05) is 0 Å². The third kappa shape index (κ3) is 2.44. The van der Waals surface area contributed by atoms with Gasteiger partial charge in [0.15, 0.2) is 5.92 Å². The number of carbonyl (C=O) groups is 2. The smallest absolute Gasteiger partial charge is 0.318 e. The predicted molar refractivity (Wildman–Crippen MR) is 45.3 cm³/mol. The maximum absolute atomic E-state index is 10.7. The van der Waals surface area contributed by atoms with Gasteiger partial charge in [0.1, 0.15) is 0 Å². The van der Waals surface area contributed by atoms with Crippen molar-refractivity contribution in [3.8, 4) is 0 Å². The number of hydrogen-bond donors (Lipinski definition) is 2. The van der Waals surface area contributed by atoms with Crippen LogP contribution in [0.5, 0.6) is 0 Å². The highest BCUT2D eigenvalue weighted by atomic mass is 16.4. The van der Waals surface area contributed by atoms with Gasteiger partial charge in [-0.25, -0.2) is 0 Å². The first-order valence-corrected chi connectivity index (χ1v) is 4.58. The molecule has 1 aliphatic carbocycles. The Morgan fingerprint density at radius 2 is 1.46 bits per heavy atom. The molecule has 0 bridgehead atoms. The summed E-state index contributed by atoms with van der Waals surface area (Å²) >= 11 is 0. The molecule has 0 aromatic heterocycles. The van der Waals surface area contributed by atoms with Crippen molar-refractivity contribution in [3.05, 3.63) is 0 Å². The summed E-state index contributed by atoms with van der Waals surface area (Å²) in [5.74, 6) is -3.75. The molecule has 0 aliphatic heterocycles. The average molecular weight is 186 g/mol. The van der Waals surface area contributed by atoms with Crippen molar-refractivity contribution >= 4 is 11.9 Å². The van der Waals surface area contributed by atoms with Crippen LogP contribution in [0.25, 0.3) is 0 Å². The molecule has 0 radical (unpaired) electrons. The minimum Gasteiger partial charge on any atom is -0.481 e. The first-order chi connectivity index (χ1) is 6.13. The Morgan fingerprint density at radius 3 is 1.85 bits per heavy atom. The van der Waals surface area contributed by atoms with E-state index in [2.05, 4.69) is 0 Å². The molecule has 1 rings (SSSR count). The van der Waals surface area contributed by atoms with Gasteiger partial charge in [-0.15, -0.1) is 0 Å². The van der Waals surface area contributed by atoms with Crippen LogP contribution in [0, 0.1) is 11.8 Å². The lowest BCUT2D eigenvalue weighted by Gasteiger charge is -2.24. The molecule has 2 N–H and O–H groups in total. The van der Waals surface area contributed by atoms with E-state index < -0.39 is 17.9 Å². The van der Waals surface area contributed by atoms with Gasteiger partial charge in [0.25, 0.3) is 0 Å². The third-order valence-electron chi connectivity index (χ3n) is 2.65. The maximum atomic E-state index is 10.7. The number of rotatable bonds is 3. The van der Waals surface area contributed by atoms with Gasteiger partial charge >= 0.3 is 11.9 Å². The lowest BCUT2D eigenvalue weighted by Crippen LogP contribution is -2.32. The highest BCUT2D eigenvalue weighted by Crippen LogP contribution is 2.30. The Bertz CT molecular complexity index is 192. The summed E-state index contributed by atoms with van der Waals surface area (Å²) in [6, 6.07) is 0. The molecule has 0 saturated heterocycles. The molecular weight excluding hydrogens is 172 g/mol. The molecule has 0 aromatic rings. The molecule has 0 atom stereocenters. The SMILES string of the molecule is O=C(O)C(C(=O)O)C1CCCCC1. The minimum absolute atomic E-state index is 0.163. The monoisotopic (exact) mass is 186 g/mol.